The fourth-order valence-electron chi connectivity index (χ4n) is 4.51. The first-order valence-electron chi connectivity index (χ1n) is 11.2. The van der Waals surface area contributed by atoms with Crippen molar-refractivity contribution in [1.82, 2.24) is 9.55 Å². The van der Waals surface area contributed by atoms with Gasteiger partial charge in [-0.05, 0) is 61.4 Å². The zero-order chi connectivity index (χ0) is 24.4. The van der Waals surface area contributed by atoms with Gasteiger partial charge in [0.25, 0.3) is 0 Å². The number of methoxy groups -OCH3 is 1. The highest BCUT2D eigenvalue weighted by Gasteiger charge is 2.24. The molecule has 1 aromatic heterocycles. The van der Waals surface area contributed by atoms with E-state index in [4.69, 9.17) is 21.3 Å². The monoisotopic (exact) mass is 477 g/mol. The van der Waals surface area contributed by atoms with E-state index in [9.17, 15) is 9.90 Å². The van der Waals surface area contributed by atoms with Gasteiger partial charge in [0.05, 0.1) is 23.2 Å². The lowest BCUT2D eigenvalue weighted by atomic mass is 10.0. The highest BCUT2D eigenvalue weighted by Crippen LogP contribution is 2.39. The van der Waals surface area contributed by atoms with Crippen LogP contribution in [0.4, 0.5) is 5.69 Å². The van der Waals surface area contributed by atoms with Crippen molar-refractivity contribution in [3.8, 4) is 0 Å². The van der Waals surface area contributed by atoms with Crippen molar-refractivity contribution in [2.24, 2.45) is 0 Å². The fourth-order valence-corrected chi connectivity index (χ4v) is 4.68. The molecule has 1 aliphatic heterocycles. The van der Waals surface area contributed by atoms with Crippen LogP contribution in [-0.4, -0.2) is 47.4 Å². The van der Waals surface area contributed by atoms with Crippen LogP contribution in [0.5, 0.6) is 0 Å². The molecule has 2 heterocycles. The van der Waals surface area contributed by atoms with Gasteiger partial charge in [-0.15, -0.1) is 0 Å². The van der Waals surface area contributed by atoms with E-state index in [2.05, 4.69) is 35.1 Å². The number of anilines is 1. The first-order chi connectivity index (χ1) is 16.4. The van der Waals surface area contributed by atoms with E-state index in [0.29, 0.717) is 29.3 Å². The lowest BCUT2D eigenvalue weighted by Gasteiger charge is -2.15. The number of imidazole rings is 1. The predicted molar refractivity (Wildman–Crippen MR) is 139 cm³/mol. The van der Waals surface area contributed by atoms with Gasteiger partial charge >= 0.3 is 5.97 Å². The van der Waals surface area contributed by atoms with Crippen molar-refractivity contribution in [1.29, 1.82) is 0 Å². The maximum atomic E-state index is 11.7. The molecule has 0 aliphatic carbocycles. The van der Waals surface area contributed by atoms with Gasteiger partial charge in [0.1, 0.15) is 5.82 Å². The fraction of sp³-hybridized carbons (Fsp3) is 0.259. The summed E-state index contributed by atoms with van der Waals surface area (Å²) >= 11 is 6.33. The summed E-state index contributed by atoms with van der Waals surface area (Å²) in [5, 5.41) is 10.3. The van der Waals surface area contributed by atoms with Crippen LogP contribution in [0, 0.1) is 6.92 Å². The Morgan fingerprint density at radius 1 is 1.32 bits per heavy atom. The maximum Gasteiger partial charge on any atom is 0.336 e. The van der Waals surface area contributed by atoms with Crippen LogP contribution in [0.15, 0.2) is 55.1 Å². The molecular formula is C27H28ClN3O3. The van der Waals surface area contributed by atoms with Gasteiger partial charge in [-0.1, -0.05) is 30.3 Å². The van der Waals surface area contributed by atoms with Crippen molar-refractivity contribution in [2.45, 2.75) is 20.4 Å². The molecule has 0 radical (unpaired) electrons. The summed E-state index contributed by atoms with van der Waals surface area (Å²) in [6.07, 6.45) is 5.81. The highest BCUT2D eigenvalue weighted by atomic mass is 35.5. The number of rotatable bonds is 8. The smallest absolute Gasteiger partial charge is 0.336 e. The van der Waals surface area contributed by atoms with Gasteiger partial charge in [-0.25, -0.2) is 9.78 Å². The minimum absolute atomic E-state index is 0.251. The summed E-state index contributed by atoms with van der Waals surface area (Å²) in [6, 6.07) is 9.43. The Morgan fingerprint density at radius 2 is 2.12 bits per heavy atom. The Morgan fingerprint density at radius 3 is 2.79 bits per heavy atom. The Balaban J connectivity index is 1.91. The molecule has 6 nitrogen and oxygen atoms in total. The van der Waals surface area contributed by atoms with Crippen LogP contribution in [0.2, 0.25) is 5.02 Å². The Labute approximate surface area is 204 Å². The summed E-state index contributed by atoms with van der Waals surface area (Å²) < 4.78 is 7.43. The molecule has 0 atom stereocenters. The number of nitrogens with zero attached hydrogens (tertiary/aromatic N) is 3. The molecule has 34 heavy (non-hydrogen) atoms. The number of allylic oxidation sites excluding steroid dienone is 4. The van der Waals surface area contributed by atoms with Crippen molar-refractivity contribution in [2.75, 3.05) is 31.7 Å². The van der Waals surface area contributed by atoms with Crippen LogP contribution in [0.25, 0.3) is 22.2 Å². The first-order valence-corrected chi connectivity index (χ1v) is 11.6. The summed E-state index contributed by atoms with van der Waals surface area (Å²) in [5.74, 6) is -0.223. The predicted octanol–water partition coefficient (Wildman–Crippen LogP) is 5.84. The number of fused-ring (bicyclic) bond motifs is 2. The molecule has 0 amide bonds. The average Bonchev–Trinajstić information content (AvgIpc) is 3.35. The zero-order valence-electron chi connectivity index (χ0n) is 19.6. The van der Waals surface area contributed by atoms with Gasteiger partial charge in [-0.3, -0.25) is 0 Å². The number of aromatic nitrogens is 2. The summed E-state index contributed by atoms with van der Waals surface area (Å²) in [6.45, 7) is 10.6. The highest BCUT2D eigenvalue weighted by molar-refractivity contribution is 6.31. The number of hydrogen-bond acceptors (Lipinski definition) is 4. The number of halogens is 1. The summed E-state index contributed by atoms with van der Waals surface area (Å²) in [5.41, 5.74) is 6.72. The summed E-state index contributed by atoms with van der Waals surface area (Å²) in [4.78, 5) is 18.9. The number of aryl methyl sites for hydroxylation is 1. The molecule has 0 saturated heterocycles. The zero-order valence-corrected chi connectivity index (χ0v) is 20.4. The van der Waals surface area contributed by atoms with E-state index in [1.807, 2.05) is 24.3 Å². The third-order valence-corrected chi connectivity index (χ3v) is 6.43. The number of benzene rings is 2. The van der Waals surface area contributed by atoms with E-state index in [1.165, 1.54) is 0 Å². The molecule has 7 heteroatoms. The topological polar surface area (TPSA) is 67.6 Å². The van der Waals surface area contributed by atoms with Crippen molar-refractivity contribution >= 4 is 45.4 Å². The molecule has 0 spiro atoms. The largest absolute Gasteiger partial charge is 0.478 e. The summed E-state index contributed by atoms with van der Waals surface area (Å²) in [7, 11) is 1.66. The molecule has 1 aliphatic rings. The SMILES string of the molecule is C=C/C=C(\C=C1/CN(CC)c2ccc(Cl)cc21)c1nc2c(C)c(C(=O)O)ccc2n1CCOC. The van der Waals surface area contributed by atoms with E-state index < -0.39 is 5.97 Å². The van der Waals surface area contributed by atoms with Crippen LogP contribution in [0.3, 0.4) is 0 Å². The molecule has 176 valence electrons. The number of likely N-dealkylation sites (N-methyl/N-ethyl adjacent to an activating group) is 1. The number of ether oxygens (including phenoxy) is 1. The van der Waals surface area contributed by atoms with E-state index >= 15 is 0 Å². The van der Waals surface area contributed by atoms with Crippen molar-refractivity contribution in [3.05, 3.63) is 82.7 Å². The van der Waals surface area contributed by atoms with E-state index in [1.54, 1.807) is 26.2 Å². The van der Waals surface area contributed by atoms with Crippen LogP contribution in [-0.2, 0) is 11.3 Å². The van der Waals surface area contributed by atoms with Crippen molar-refractivity contribution in [3.63, 3.8) is 0 Å². The molecule has 0 unspecified atom stereocenters. The molecule has 0 fully saturated rings. The third kappa shape index (κ3) is 4.27. The lowest BCUT2D eigenvalue weighted by Crippen LogP contribution is -2.18. The Kier molecular flexibility index (Phi) is 6.91. The normalized spacial score (nSPS) is 14.8. The van der Waals surface area contributed by atoms with Crippen LogP contribution >= 0.6 is 11.6 Å². The van der Waals surface area contributed by atoms with Gasteiger partial charge in [-0.2, -0.15) is 0 Å². The molecule has 3 aromatic rings. The van der Waals surface area contributed by atoms with Gasteiger partial charge in [0, 0.05) is 48.6 Å². The standard InChI is InChI=1S/C27H28ClN3O3/c1-5-7-18(14-19-16-30(6-2)23-10-8-20(28)15-22(19)23)26-29-25-17(3)21(27(32)33)9-11-24(25)31(26)12-13-34-4/h5,7-11,14-15H,1,6,12-13,16H2,2-4H3,(H,32,33)/b18-7+,19-14+. The van der Waals surface area contributed by atoms with Gasteiger partial charge < -0.3 is 19.3 Å². The molecule has 1 N–H and O–H groups in total. The Hall–Kier alpha value is -3.35. The minimum Gasteiger partial charge on any atom is -0.478 e. The molecule has 0 saturated carbocycles. The second-order valence-electron chi connectivity index (χ2n) is 8.19. The van der Waals surface area contributed by atoms with E-state index in [-0.39, 0.29) is 5.56 Å². The molecule has 0 bridgehead atoms. The van der Waals surface area contributed by atoms with Crippen LogP contribution < -0.4 is 4.90 Å². The number of aromatic carboxylic acids is 1. The molecular weight excluding hydrogens is 450 g/mol. The number of hydrogen-bond donors (Lipinski definition) is 1. The van der Waals surface area contributed by atoms with Crippen molar-refractivity contribution < 1.29 is 14.6 Å². The number of carbonyl (C=O) groups is 1. The lowest BCUT2D eigenvalue weighted by molar-refractivity contribution is 0.0696. The van der Waals surface area contributed by atoms with Crippen LogP contribution in [0.1, 0.15) is 34.2 Å². The minimum atomic E-state index is -0.963. The maximum absolute atomic E-state index is 11.7. The number of carboxylic acid groups (broad SMARTS) is 1. The van der Waals surface area contributed by atoms with Gasteiger partial charge in [0.2, 0.25) is 0 Å². The molecule has 2 aromatic carbocycles. The second kappa shape index (κ2) is 9.87. The quantitative estimate of drug-likeness (QED) is 0.413. The average molecular weight is 478 g/mol. The second-order valence-corrected chi connectivity index (χ2v) is 8.63. The third-order valence-electron chi connectivity index (χ3n) is 6.20. The first kappa shape index (κ1) is 23.8. The molecule has 4 rings (SSSR count). The van der Waals surface area contributed by atoms with E-state index in [0.717, 1.165) is 46.8 Å². The van der Waals surface area contributed by atoms with Gasteiger partial charge in [0.15, 0.2) is 0 Å². The number of carboxylic acids is 1. The Bertz CT molecular complexity index is 1340.